The number of nitrogens with one attached hydrogen (secondary N) is 2. The average molecular weight is 337 g/mol. The lowest BCUT2D eigenvalue weighted by molar-refractivity contribution is 0.102. The maximum atomic E-state index is 12.2. The van der Waals surface area contributed by atoms with Gasteiger partial charge in [0.25, 0.3) is 11.8 Å². The van der Waals surface area contributed by atoms with E-state index in [1.807, 2.05) is 24.4 Å². The van der Waals surface area contributed by atoms with Crippen LogP contribution in [0, 0.1) is 6.92 Å². The van der Waals surface area contributed by atoms with Gasteiger partial charge in [-0.25, -0.2) is 4.98 Å². The fourth-order valence-corrected chi connectivity index (χ4v) is 2.72. The number of rotatable bonds is 4. The molecule has 2 amide bonds. The Bertz CT molecular complexity index is 858. The minimum atomic E-state index is -0.246. The van der Waals surface area contributed by atoms with E-state index in [4.69, 9.17) is 0 Å². The van der Waals surface area contributed by atoms with Gasteiger partial charge in [-0.3, -0.25) is 9.59 Å². The zero-order valence-corrected chi connectivity index (χ0v) is 13.8. The van der Waals surface area contributed by atoms with Crippen molar-refractivity contribution >= 4 is 34.7 Å². The van der Waals surface area contributed by atoms with Crippen LogP contribution >= 0.6 is 11.3 Å². The monoisotopic (exact) mass is 337 g/mol. The van der Waals surface area contributed by atoms with Crippen LogP contribution in [0.15, 0.2) is 60.1 Å². The topological polar surface area (TPSA) is 71.1 Å². The van der Waals surface area contributed by atoms with Crippen molar-refractivity contribution in [3.05, 3.63) is 76.1 Å². The number of benzene rings is 1. The lowest BCUT2D eigenvalue weighted by Crippen LogP contribution is -2.13. The second-order valence-electron chi connectivity index (χ2n) is 5.18. The molecule has 0 radical (unpaired) electrons. The number of hydrogen-bond donors (Lipinski definition) is 2. The Hall–Kier alpha value is -2.99. The Morgan fingerprint density at radius 3 is 2.46 bits per heavy atom. The maximum absolute atomic E-state index is 12.2. The number of carbonyl (C=O) groups is 2. The van der Waals surface area contributed by atoms with E-state index in [9.17, 15) is 9.59 Å². The molecule has 3 aromatic rings. The summed E-state index contributed by atoms with van der Waals surface area (Å²) >= 11 is 1.38. The normalized spacial score (nSPS) is 10.2. The Labute approximate surface area is 143 Å². The summed E-state index contributed by atoms with van der Waals surface area (Å²) < 4.78 is 0. The van der Waals surface area contributed by atoms with Gasteiger partial charge in [0.15, 0.2) is 0 Å². The highest BCUT2D eigenvalue weighted by Gasteiger charge is 2.09. The lowest BCUT2D eigenvalue weighted by atomic mass is 10.2. The average Bonchev–Trinajstić information content (AvgIpc) is 3.10. The first-order valence-electron chi connectivity index (χ1n) is 7.31. The van der Waals surface area contributed by atoms with Crippen molar-refractivity contribution in [3.63, 3.8) is 0 Å². The van der Waals surface area contributed by atoms with Crippen LogP contribution in [-0.2, 0) is 0 Å². The van der Waals surface area contributed by atoms with Gasteiger partial charge < -0.3 is 10.6 Å². The molecule has 0 bridgehead atoms. The van der Waals surface area contributed by atoms with E-state index in [-0.39, 0.29) is 11.8 Å². The van der Waals surface area contributed by atoms with E-state index >= 15 is 0 Å². The third kappa shape index (κ3) is 3.85. The first-order chi connectivity index (χ1) is 11.6. The van der Waals surface area contributed by atoms with Crippen LogP contribution in [0.2, 0.25) is 0 Å². The van der Waals surface area contributed by atoms with Crippen molar-refractivity contribution in [1.29, 1.82) is 0 Å². The summed E-state index contributed by atoms with van der Waals surface area (Å²) in [7, 11) is 0. The first-order valence-corrected chi connectivity index (χ1v) is 8.19. The van der Waals surface area contributed by atoms with E-state index in [2.05, 4.69) is 15.6 Å². The fraction of sp³-hybridized carbons (Fsp3) is 0.0556. The summed E-state index contributed by atoms with van der Waals surface area (Å²) in [6.07, 6.45) is 1.65. The number of pyridine rings is 1. The number of aromatic nitrogens is 1. The fourth-order valence-electron chi connectivity index (χ4n) is 2.10. The quantitative estimate of drug-likeness (QED) is 0.757. The molecule has 0 saturated carbocycles. The summed E-state index contributed by atoms with van der Waals surface area (Å²) in [4.78, 5) is 28.9. The highest BCUT2D eigenvalue weighted by molar-refractivity contribution is 7.12. The maximum Gasteiger partial charge on any atom is 0.265 e. The van der Waals surface area contributed by atoms with Gasteiger partial charge in [0, 0.05) is 17.4 Å². The van der Waals surface area contributed by atoms with Crippen molar-refractivity contribution in [3.8, 4) is 0 Å². The summed E-state index contributed by atoms with van der Waals surface area (Å²) in [5.41, 5.74) is 2.15. The summed E-state index contributed by atoms with van der Waals surface area (Å²) in [6, 6.07) is 14.0. The standard InChI is InChI=1S/C18H15N3O2S/c1-12-8-9-19-16(11-12)21-17(22)13-4-6-14(7-5-13)20-18(23)15-3-2-10-24-15/h2-11H,1H3,(H,20,23)(H,19,21,22). The lowest BCUT2D eigenvalue weighted by Gasteiger charge is -2.07. The number of carbonyl (C=O) groups excluding carboxylic acids is 2. The molecular weight excluding hydrogens is 322 g/mol. The molecule has 0 spiro atoms. The molecule has 0 aliphatic rings. The molecule has 24 heavy (non-hydrogen) atoms. The van der Waals surface area contributed by atoms with Crippen molar-refractivity contribution in [1.82, 2.24) is 4.98 Å². The zero-order valence-electron chi connectivity index (χ0n) is 12.9. The smallest absolute Gasteiger partial charge is 0.265 e. The predicted molar refractivity (Wildman–Crippen MR) is 95.6 cm³/mol. The number of thiophene rings is 1. The number of nitrogens with zero attached hydrogens (tertiary/aromatic N) is 1. The van der Waals surface area contributed by atoms with E-state index < -0.39 is 0 Å². The molecule has 6 heteroatoms. The molecule has 5 nitrogen and oxygen atoms in total. The van der Waals surface area contributed by atoms with Gasteiger partial charge in [0.2, 0.25) is 0 Å². The minimum absolute atomic E-state index is 0.161. The van der Waals surface area contributed by atoms with Gasteiger partial charge in [-0.15, -0.1) is 11.3 Å². The molecule has 0 unspecified atom stereocenters. The SMILES string of the molecule is Cc1ccnc(NC(=O)c2ccc(NC(=O)c3cccs3)cc2)c1. The largest absolute Gasteiger partial charge is 0.321 e. The van der Waals surface area contributed by atoms with Crippen molar-refractivity contribution in [2.75, 3.05) is 10.6 Å². The Morgan fingerprint density at radius 1 is 1.00 bits per heavy atom. The van der Waals surface area contributed by atoms with E-state index in [0.717, 1.165) is 5.56 Å². The number of hydrogen-bond acceptors (Lipinski definition) is 4. The summed E-state index contributed by atoms with van der Waals surface area (Å²) in [5, 5.41) is 7.39. The Kier molecular flexibility index (Phi) is 4.67. The second-order valence-corrected chi connectivity index (χ2v) is 6.13. The molecule has 0 aliphatic heterocycles. The highest BCUT2D eigenvalue weighted by Crippen LogP contribution is 2.15. The van der Waals surface area contributed by atoms with E-state index in [1.54, 1.807) is 42.6 Å². The van der Waals surface area contributed by atoms with Crippen LogP contribution < -0.4 is 10.6 Å². The molecule has 2 aromatic heterocycles. The third-order valence-electron chi connectivity index (χ3n) is 3.31. The van der Waals surface area contributed by atoms with Gasteiger partial charge >= 0.3 is 0 Å². The van der Waals surface area contributed by atoms with Crippen molar-refractivity contribution < 1.29 is 9.59 Å². The third-order valence-corrected chi connectivity index (χ3v) is 4.18. The zero-order chi connectivity index (χ0) is 16.9. The number of amides is 2. The molecular formula is C18H15N3O2S. The van der Waals surface area contributed by atoms with E-state index in [1.165, 1.54) is 11.3 Å². The van der Waals surface area contributed by atoms with Crippen LogP contribution in [0.5, 0.6) is 0 Å². The van der Waals surface area contributed by atoms with Crippen LogP contribution in [0.1, 0.15) is 25.6 Å². The molecule has 3 rings (SSSR count). The second kappa shape index (κ2) is 7.06. The van der Waals surface area contributed by atoms with Crippen LogP contribution in [0.3, 0.4) is 0 Å². The number of anilines is 2. The molecule has 2 heterocycles. The van der Waals surface area contributed by atoms with Gasteiger partial charge in [-0.05, 0) is 60.3 Å². The van der Waals surface area contributed by atoms with Crippen LogP contribution in [0.4, 0.5) is 11.5 Å². The molecule has 120 valence electrons. The minimum Gasteiger partial charge on any atom is -0.321 e. The van der Waals surface area contributed by atoms with Gasteiger partial charge in [-0.2, -0.15) is 0 Å². The van der Waals surface area contributed by atoms with E-state index in [0.29, 0.717) is 21.9 Å². The van der Waals surface area contributed by atoms with Crippen molar-refractivity contribution in [2.45, 2.75) is 6.92 Å². The summed E-state index contributed by atoms with van der Waals surface area (Å²) in [6.45, 7) is 1.93. The molecule has 1 aromatic carbocycles. The van der Waals surface area contributed by atoms with Crippen molar-refractivity contribution in [2.24, 2.45) is 0 Å². The van der Waals surface area contributed by atoms with Gasteiger partial charge in [0.05, 0.1) is 4.88 Å². The predicted octanol–water partition coefficient (Wildman–Crippen LogP) is 3.96. The first kappa shape index (κ1) is 15.9. The van der Waals surface area contributed by atoms with Gasteiger partial charge in [-0.1, -0.05) is 6.07 Å². The number of aryl methyl sites for hydroxylation is 1. The molecule has 0 fully saturated rings. The highest BCUT2D eigenvalue weighted by atomic mass is 32.1. The van der Waals surface area contributed by atoms with Gasteiger partial charge in [0.1, 0.15) is 5.82 Å². The Morgan fingerprint density at radius 2 is 1.79 bits per heavy atom. The molecule has 0 saturated heterocycles. The summed E-state index contributed by atoms with van der Waals surface area (Å²) in [5.74, 6) is 0.102. The Balaban J connectivity index is 1.65. The van der Waals surface area contributed by atoms with Crippen LogP contribution in [0.25, 0.3) is 0 Å². The molecule has 0 atom stereocenters. The molecule has 0 aliphatic carbocycles. The molecule has 2 N–H and O–H groups in total. The van der Waals surface area contributed by atoms with Crippen LogP contribution in [-0.4, -0.2) is 16.8 Å².